The van der Waals surface area contributed by atoms with Gasteiger partial charge >= 0.3 is 0 Å². The Kier molecular flexibility index (Phi) is 4.57. The maximum Gasteiger partial charge on any atom is 0.270 e. The van der Waals surface area contributed by atoms with E-state index in [1.807, 2.05) is 23.8 Å². The van der Waals surface area contributed by atoms with Crippen LogP contribution in [0, 0.1) is 10.1 Å². The van der Waals surface area contributed by atoms with Crippen molar-refractivity contribution in [3.8, 4) is 0 Å². The number of non-ortho nitro benzene ring substituents is 1. The topological polar surface area (TPSA) is 74.1 Å². The highest BCUT2D eigenvalue weighted by atomic mass is 79.9. The second-order valence-corrected chi connectivity index (χ2v) is 5.76. The van der Waals surface area contributed by atoms with E-state index in [9.17, 15) is 10.1 Å². The van der Waals surface area contributed by atoms with Crippen LogP contribution in [-0.4, -0.2) is 15.5 Å². The van der Waals surface area contributed by atoms with E-state index in [4.69, 9.17) is 5.73 Å². The van der Waals surface area contributed by atoms with E-state index in [-0.39, 0.29) is 11.7 Å². The van der Waals surface area contributed by atoms with Crippen LogP contribution in [0.1, 0.15) is 18.1 Å². The Bertz CT molecular complexity index is 623. The molecule has 2 rings (SSSR count). The first-order chi connectivity index (χ1) is 9.45. The normalized spacial score (nSPS) is 12.3. The molecule has 0 aliphatic heterocycles. The Morgan fingerprint density at radius 2 is 2.20 bits per heavy atom. The molecule has 0 saturated carbocycles. The van der Waals surface area contributed by atoms with Gasteiger partial charge in [-0.3, -0.25) is 10.1 Å². The Hall–Kier alpha value is -1.66. The predicted molar refractivity (Wildman–Crippen MR) is 81.7 cm³/mol. The zero-order valence-corrected chi connectivity index (χ0v) is 12.7. The highest BCUT2D eigenvalue weighted by molar-refractivity contribution is 9.10. The lowest BCUT2D eigenvalue weighted by Crippen LogP contribution is -2.17. The fraction of sp³-hybridized carbons (Fsp3) is 0.286. The molecular weight excluding hydrogens is 322 g/mol. The van der Waals surface area contributed by atoms with Crippen LogP contribution < -0.4 is 5.73 Å². The molecule has 0 spiro atoms. The number of nitrogens with zero attached hydrogens (tertiary/aromatic N) is 2. The van der Waals surface area contributed by atoms with Crippen LogP contribution in [0.15, 0.2) is 41.1 Å². The van der Waals surface area contributed by atoms with Gasteiger partial charge in [-0.05, 0) is 36.6 Å². The first kappa shape index (κ1) is 14.7. The van der Waals surface area contributed by atoms with Gasteiger partial charge in [-0.1, -0.05) is 15.9 Å². The molecule has 0 saturated heterocycles. The molecule has 20 heavy (non-hydrogen) atoms. The van der Waals surface area contributed by atoms with Crippen molar-refractivity contribution in [1.29, 1.82) is 0 Å². The van der Waals surface area contributed by atoms with Crippen molar-refractivity contribution in [2.24, 2.45) is 5.73 Å². The largest absolute Gasteiger partial charge is 0.350 e. The number of halogens is 1. The molecule has 0 radical (unpaired) electrons. The van der Waals surface area contributed by atoms with Crippen molar-refractivity contribution in [2.75, 3.05) is 0 Å². The summed E-state index contributed by atoms with van der Waals surface area (Å²) in [5.41, 5.74) is 8.05. The second-order valence-electron chi connectivity index (χ2n) is 4.91. The monoisotopic (exact) mass is 337 g/mol. The lowest BCUT2D eigenvalue weighted by Gasteiger charge is -2.06. The van der Waals surface area contributed by atoms with Crippen molar-refractivity contribution in [3.05, 3.63) is 62.4 Å². The molecule has 0 fully saturated rings. The van der Waals surface area contributed by atoms with Gasteiger partial charge in [0, 0.05) is 41.6 Å². The average molecular weight is 338 g/mol. The number of aromatic nitrogens is 1. The Labute approximate surface area is 125 Å². The van der Waals surface area contributed by atoms with Crippen LogP contribution in [0.4, 0.5) is 5.69 Å². The zero-order chi connectivity index (χ0) is 14.7. The molecule has 1 aromatic carbocycles. The predicted octanol–water partition coefficient (Wildman–Crippen LogP) is 3.10. The van der Waals surface area contributed by atoms with Crippen molar-refractivity contribution in [3.63, 3.8) is 0 Å². The second kappa shape index (κ2) is 6.19. The fourth-order valence-corrected chi connectivity index (χ4v) is 2.55. The van der Waals surface area contributed by atoms with Crippen LogP contribution in [0.2, 0.25) is 0 Å². The van der Waals surface area contributed by atoms with Gasteiger partial charge in [0.1, 0.15) is 0 Å². The van der Waals surface area contributed by atoms with E-state index < -0.39 is 4.92 Å². The molecule has 106 valence electrons. The third kappa shape index (κ3) is 3.68. The first-order valence-electron chi connectivity index (χ1n) is 6.29. The van der Waals surface area contributed by atoms with E-state index in [0.717, 1.165) is 16.5 Å². The number of rotatable bonds is 5. The Morgan fingerprint density at radius 3 is 2.80 bits per heavy atom. The third-order valence-electron chi connectivity index (χ3n) is 2.97. The number of nitrogens with two attached hydrogens (primary N) is 1. The maximum atomic E-state index is 10.7. The third-order valence-corrected chi connectivity index (χ3v) is 3.71. The van der Waals surface area contributed by atoms with Crippen LogP contribution >= 0.6 is 15.9 Å². The highest BCUT2D eigenvalue weighted by Gasteiger charge is 2.09. The SMILES string of the molecule is CC(N)Cc1ccn(Cc2ccc([N+](=O)[O-])cc2Br)c1. The van der Waals surface area contributed by atoms with E-state index in [2.05, 4.69) is 22.1 Å². The zero-order valence-electron chi connectivity index (χ0n) is 11.1. The summed E-state index contributed by atoms with van der Waals surface area (Å²) in [4.78, 5) is 10.3. The van der Waals surface area contributed by atoms with Gasteiger partial charge in [0.25, 0.3) is 5.69 Å². The number of hydrogen-bond acceptors (Lipinski definition) is 3. The van der Waals surface area contributed by atoms with E-state index in [1.54, 1.807) is 6.07 Å². The van der Waals surface area contributed by atoms with Crippen molar-refractivity contribution < 1.29 is 4.92 Å². The van der Waals surface area contributed by atoms with Crippen LogP contribution in [-0.2, 0) is 13.0 Å². The van der Waals surface area contributed by atoms with Gasteiger partial charge < -0.3 is 10.3 Å². The molecule has 0 aliphatic rings. The number of nitro groups is 1. The highest BCUT2D eigenvalue weighted by Crippen LogP contribution is 2.24. The molecule has 5 nitrogen and oxygen atoms in total. The minimum Gasteiger partial charge on any atom is -0.350 e. The van der Waals surface area contributed by atoms with E-state index in [1.165, 1.54) is 17.7 Å². The molecule has 1 atom stereocenters. The molecule has 6 heteroatoms. The smallest absolute Gasteiger partial charge is 0.270 e. The first-order valence-corrected chi connectivity index (χ1v) is 7.08. The number of nitro benzene ring substituents is 1. The molecule has 2 N–H and O–H groups in total. The van der Waals surface area contributed by atoms with E-state index in [0.29, 0.717) is 6.54 Å². The lowest BCUT2D eigenvalue weighted by molar-refractivity contribution is -0.384. The van der Waals surface area contributed by atoms with Crippen LogP contribution in [0.5, 0.6) is 0 Å². The van der Waals surface area contributed by atoms with Crippen molar-refractivity contribution in [1.82, 2.24) is 4.57 Å². The molecule has 0 bridgehead atoms. The minimum atomic E-state index is -0.398. The molecule has 1 unspecified atom stereocenters. The number of benzene rings is 1. The molecular formula is C14H16BrN3O2. The maximum absolute atomic E-state index is 10.7. The van der Waals surface area contributed by atoms with Gasteiger partial charge in [-0.25, -0.2) is 0 Å². The standard InChI is InChI=1S/C14H16BrN3O2/c1-10(16)6-11-4-5-17(8-11)9-12-2-3-13(18(19)20)7-14(12)15/h2-5,7-8,10H,6,9,16H2,1H3. The summed E-state index contributed by atoms with van der Waals surface area (Å²) in [5, 5.41) is 10.7. The van der Waals surface area contributed by atoms with Gasteiger partial charge in [0.15, 0.2) is 0 Å². The van der Waals surface area contributed by atoms with Gasteiger partial charge in [-0.15, -0.1) is 0 Å². The van der Waals surface area contributed by atoms with E-state index >= 15 is 0 Å². The van der Waals surface area contributed by atoms with Crippen LogP contribution in [0.25, 0.3) is 0 Å². The quantitative estimate of drug-likeness (QED) is 0.672. The fourth-order valence-electron chi connectivity index (χ4n) is 2.06. The van der Waals surface area contributed by atoms with Gasteiger partial charge in [0.05, 0.1) is 4.92 Å². The lowest BCUT2D eigenvalue weighted by atomic mass is 10.1. The molecule has 0 aliphatic carbocycles. The molecule has 2 aromatic rings. The van der Waals surface area contributed by atoms with Crippen molar-refractivity contribution in [2.45, 2.75) is 25.9 Å². The van der Waals surface area contributed by atoms with Gasteiger partial charge in [0.2, 0.25) is 0 Å². The summed E-state index contributed by atoms with van der Waals surface area (Å²) < 4.78 is 2.79. The summed E-state index contributed by atoms with van der Waals surface area (Å²) >= 11 is 3.38. The van der Waals surface area contributed by atoms with Gasteiger partial charge in [-0.2, -0.15) is 0 Å². The Balaban J connectivity index is 2.13. The molecule has 1 aromatic heterocycles. The minimum absolute atomic E-state index is 0.0887. The Morgan fingerprint density at radius 1 is 1.45 bits per heavy atom. The summed E-state index contributed by atoms with van der Waals surface area (Å²) in [6.45, 7) is 2.64. The molecule has 0 amide bonds. The number of hydrogen-bond donors (Lipinski definition) is 1. The van der Waals surface area contributed by atoms with Crippen LogP contribution in [0.3, 0.4) is 0 Å². The summed E-state index contributed by atoms with van der Waals surface area (Å²) in [6, 6.07) is 7.00. The summed E-state index contributed by atoms with van der Waals surface area (Å²) in [7, 11) is 0. The molecule has 1 heterocycles. The van der Waals surface area contributed by atoms with Crippen molar-refractivity contribution >= 4 is 21.6 Å². The summed E-state index contributed by atoms with van der Waals surface area (Å²) in [5.74, 6) is 0. The average Bonchev–Trinajstić information content (AvgIpc) is 2.78. The summed E-state index contributed by atoms with van der Waals surface area (Å²) in [6.07, 6.45) is 4.89.